The number of thiol groups is 2. The Morgan fingerprint density at radius 3 is 2.60 bits per heavy atom. The summed E-state index contributed by atoms with van der Waals surface area (Å²) >= 11 is 8.79. The summed E-state index contributed by atoms with van der Waals surface area (Å²) < 4.78 is 0. The third-order valence-corrected chi connectivity index (χ3v) is 3.26. The molecule has 0 bridgehead atoms. The van der Waals surface area contributed by atoms with Crippen LogP contribution in [0, 0.1) is 6.92 Å². The van der Waals surface area contributed by atoms with E-state index < -0.39 is 0 Å². The van der Waals surface area contributed by atoms with Gasteiger partial charge in [0.2, 0.25) is 0 Å². The van der Waals surface area contributed by atoms with Crippen LogP contribution in [-0.4, -0.2) is 0 Å². The SMILES string of the molecule is C=Cc1c(S)cc2cc(S)ccc2c1C. The van der Waals surface area contributed by atoms with Gasteiger partial charge in [0.05, 0.1) is 0 Å². The lowest BCUT2D eigenvalue weighted by atomic mass is 10.00. The second-order valence-corrected chi connectivity index (χ2v) is 4.54. The quantitative estimate of drug-likeness (QED) is 0.670. The van der Waals surface area contributed by atoms with Gasteiger partial charge in [-0.3, -0.25) is 0 Å². The molecule has 0 nitrogen and oxygen atoms in total. The van der Waals surface area contributed by atoms with Crippen LogP contribution < -0.4 is 0 Å². The van der Waals surface area contributed by atoms with Gasteiger partial charge in [-0.1, -0.05) is 18.7 Å². The maximum absolute atomic E-state index is 4.46. The molecule has 2 aromatic carbocycles. The number of hydrogen-bond acceptors (Lipinski definition) is 2. The first kappa shape index (κ1) is 10.7. The Hall–Kier alpha value is -0.860. The van der Waals surface area contributed by atoms with E-state index >= 15 is 0 Å². The maximum Gasteiger partial charge on any atom is 0.0121 e. The normalized spacial score (nSPS) is 10.6. The molecule has 2 aromatic rings. The zero-order valence-electron chi connectivity index (χ0n) is 8.49. The second-order valence-electron chi connectivity index (χ2n) is 3.54. The van der Waals surface area contributed by atoms with Gasteiger partial charge in [0.15, 0.2) is 0 Å². The standard InChI is InChI=1S/C13H12S2/c1-3-11-8(2)12-5-4-10(14)6-9(12)7-13(11)15/h3-7,14-15H,1H2,2H3. The van der Waals surface area contributed by atoms with Crippen molar-refractivity contribution in [2.75, 3.05) is 0 Å². The zero-order valence-corrected chi connectivity index (χ0v) is 10.3. The summed E-state index contributed by atoms with van der Waals surface area (Å²) in [7, 11) is 0. The van der Waals surface area contributed by atoms with Gasteiger partial charge >= 0.3 is 0 Å². The van der Waals surface area contributed by atoms with Crippen molar-refractivity contribution in [2.24, 2.45) is 0 Å². The van der Waals surface area contributed by atoms with Crippen LogP contribution in [-0.2, 0) is 0 Å². The highest BCUT2D eigenvalue weighted by molar-refractivity contribution is 7.80. The molecule has 0 unspecified atom stereocenters. The van der Waals surface area contributed by atoms with Crippen molar-refractivity contribution in [3.63, 3.8) is 0 Å². The first-order valence-electron chi connectivity index (χ1n) is 4.71. The summed E-state index contributed by atoms with van der Waals surface area (Å²) in [5, 5.41) is 2.41. The molecule has 0 aromatic heterocycles. The predicted octanol–water partition coefficient (Wildman–Crippen LogP) is 4.37. The van der Waals surface area contributed by atoms with Crippen LogP contribution in [0.5, 0.6) is 0 Å². The topological polar surface area (TPSA) is 0 Å². The lowest BCUT2D eigenvalue weighted by Crippen LogP contribution is -1.86. The maximum atomic E-state index is 4.46. The summed E-state index contributed by atoms with van der Waals surface area (Å²) in [6.07, 6.45) is 1.85. The van der Waals surface area contributed by atoms with Gasteiger partial charge in [0.1, 0.15) is 0 Å². The average molecular weight is 232 g/mol. The molecule has 0 heterocycles. The number of fused-ring (bicyclic) bond motifs is 1. The molecule has 0 aliphatic heterocycles. The molecule has 2 heteroatoms. The number of aryl methyl sites for hydroxylation is 1. The van der Waals surface area contributed by atoms with Crippen molar-refractivity contribution in [2.45, 2.75) is 16.7 Å². The Morgan fingerprint density at radius 1 is 1.20 bits per heavy atom. The first-order valence-corrected chi connectivity index (χ1v) is 5.60. The van der Waals surface area contributed by atoms with Gasteiger partial charge in [-0.15, -0.1) is 25.3 Å². The van der Waals surface area contributed by atoms with E-state index in [4.69, 9.17) is 0 Å². The van der Waals surface area contributed by atoms with Crippen molar-refractivity contribution < 1.29 is 0 Å². The molecule has 0 radical (unpaired) electrons. The Labute approximate surface area is 101 Å². The van der Waals surface area contributed by atoms with Gasteiger partial charge < -0.3 is 0 Å². The Balaban J connectivity index is 2.90. The van der Waals surface area contributed by atoms with Gasteiger partial charge in [-0.05, 0) is 47.0 Å². The molecule has 0 saturated carbocycles. The van der Waals surface area contributed by atoms with Gasteiger partial charge in [-0.2, -0.15) is 0 Å². The highest BCUT2D eigenvalue weighted by Crippen LogP contribution is 2.29. The lowest BCUT2D eigenvalue weighted by molar-refractivity contribution is 1.37. The van der Waals surface area contributed by atoms with E-state index in [1.165, 1.54) is 16.3 Å². The largest absolute Gasteiger partial charge is 0.143 e. The highest BCUT2D eigenvalue weighted by Gasteiger charge is 2.05. The van der Waals surface area contributed by atoms with Crippen LogP contribution in [0.25, 0.3) is 16.8 Å². The summed E-state index contributed by atoms with van der Waals surface area (Å²) in [4.78, 5) is 1.94. The highest BCUT2D eigenvalue weighted by atomic mass is 32.1. The Morgan fingerprint density at radius 2 is 1.93 bits per heavy atom. The molecular formula is C13H12S2. The van der Waals surface area contributed by atoms with Crippen LogP contribution in [0.1, 0.15) is 11.1 Å². The number of benzene rings is 2. The van der Waals surface area contributed by atoms with Crippen molar-refractivity contribution in [1.82, 2.24) is 0 Å². The van der Waals surface area contributed by atoms with Crippen LogP contribution in [0.15, 0.2) is 40.6 Å². The van der Waals surface area contributed by atoms with E-state index in [0.717, 1.165) is 15.4 Å². The molecule has 76 valence electrons. The Kier molecular flexibility index (Phi) is 2.81. The number of hydrogen-bond donors (Lipinski definition) is 2. The number of rotatable bonds is 1. The second kappa shape index (κ2) is 3.95. The fourth-order valence-electron chi connectivity index (χ4n) is 1.83. The third-order valence-electron chi connectivity index (χ3n) is 2.62. The molecule has 0 saturated heterocycles. The van der Waals surface area contributed by atoms with Crippen molar-refractivity contribution >= 4 is 42.1 Å². The Bertz CT molecular complexity index is 542. The molecule has 0 amide bonds. The molecule has 0 spiro atoms. The fourth-order valence-corrected chi connectivity index (χ4v) is 2.44. The summed E-state index contributed by atoms with van der Waals surface area (Å²) in [5.74, 6) is 0. The van der Waals surface area contributed by atoms with Gasteiger partial charge in [0.25, 0.3) is 0 Å². The lowest BCUT2D eigenvalue weighted by Gasteiger charge is -2.09. The molecule has 0 atom stereocenters. The summed E-state index contributed by atoms with van der Waals surface area (Å²) in [6, 6.07) is 8.21. The van der Waals surface area contributed by atoms with E-state index in [2.05, 4.69) is 57.0 Å². The van der Waals surface area contributed by atoms with E-state index in [0.29, 0.717) is 0 Å². The van der Waals surface area contributed by atoms with Crippen LogP contribution in [0.3, 0.4) is 0 Å². The molecule has 15 heavy (non-hydrogen) atoms. The molecule has 0 aliphatic carbocycles. The van der Waals surface area contributed by atoms with Crippen LogP contribution >= 0.6 is 25.3 Å². The van der Waals surface area contributed by atoms with Gasteiger partial charge in [-0.25, -0.2) is 0 Å². The van der Waals surface area contributed by atoms with E-state index in [1.807, 2.05) is 12.1 Å². The van der Waals surface area contributed by atoms with Crippen molar-refractivity contribution in [3.05, 3.63) is 42.0 Å². The minimum absolute atomic E-state index is 0.967. The smallest absolute Gasteiger partial charge is 0.0121 e. The minimum Gasteiger partial charge on any atom is -0.143 e. The van der Waals surface area contributed by atoms with Gasteiger partial charge in [0, 0.05) is 9.79 Å². The molecule has 0 fully saturated rings. The minimum atomic E-state index is 0.967. The third kappa shape index (κ3) is 1.80. The molecule has 0 N–H and O–H groups in total. The van der Waals surface area contributed by atoms with E-state index in [-0.39, 0.29) is 0 Å². The summed E-state index contributed by atoms with van der Waals surface area (Å²) in [5.41, 5.74) is 2.33. The van der Waals surface area contributed by atoms with Crippen molar-refractivity contribution in [1.29, 1.82) is 0 Å². The van der Waals surface area contributed by atoms with E-state index in [9.17, 15) is 0 Å². The monoisotopic (exact) mass is 232 g/mol. The van der Waals surface area contributed by atoms with E-state index in [1.54, 1.807) is 0 Å². The first-order chi connectivity index (χ1) is 7.13. The molecule has 0 aliphatic rings. The predicted molar refractivity (Wildman–Crippen MR) is 73.3 cm³/mol. The van der Waals surface area contributed by atoms with Crippen LogP contribution in [0.4, 0.5) is 0 Å². The fraction of sp³-hybridized carbons (Fsp3) is 0.0769. The molecular weight excluding hydrogens is 220 g/mol. The average Bonchev–Trinajstić information content (AvgIpc) is 2.17. The van der Waals surface area contributed by atoms with Crippen molar-refractivity contribution in [3.8, 4) is 0 Å². The zero-order chi connectivity index (χ0) is 11.0. The summed E-state index contributed by atoms with van der Waals surface area (Å²) in [6.45, 7) is 5.91. The van der Waals surface area contributed by atoms with Crippen LogP contribution in [0.2, 0.25) is 0 Å². The molecule has 2 rings (SSSR count).